The topological polar surface area (TPSA) is 121 Å². The van der Waals surface area contributed by atoms with Crippen LogP contribution in [0.4, 0.5) is 0 Å². The smallest absolute Gasteiger partial charge is 0.254 e. The van der Waals surface area contributed by atoms with E-state index in [0.29, 0.717) is 29.8 Å². The fraction of sp³-hybridized carbons (Fsp3) is 0.111. The van der Waals surface area contributed by atoms with Crippen molar-refractivity contribution in [3.8, 4) is 6.07 Å². The van der Waals surface area contributed by atoms with Crippen molar-refractivity contribution in [3.63, 3.8) is 0 Å². The Hall–Kier alpha value is -4.70. The first-order chi connectivity index (χ1) is 16.5. The summed E-state index contributed by atoms with van der Waals surface area (Å²) in [5.74, 6) is -0.177. The van der Waals surface area contributed by atoms with Crippen molar-refractivity contribution < 1.29 is 4.79 Å². The maximum Gasteiger partial charge on any atom is 0.254 e. The van der Waals surface area contributed by atoms with Crippen molar-refractivity contribution in [3.05, 3.63) is 124 Å². The molecule has 0 atom stereocenters. The predicted octanol–water partition coefficient (Wildman–Crippen LogP) is 3.61. The number of aromatic nitrogens is 2. The largest absolute Gasteiger partial charge is 0.384 e. The van der Waals surface area contributed by atoms with Crippen molar-refractivity contribution in [2.45, 2.75) is 19.5 Å². The lowest BCUT2D eigenvalue weighted by Gasteiger charge is -2.06. The number of nitriles is 1. The molecular formula is C27H24N6O. The standard InChI is InChI=1S/C27H24N6O/c28-14-21-5-1-19(2-6-21)13-20-3-7-23(8-4-20)17-33-18-25(16-32-33)27(34)31-15-22-9-11-24(12-10-22)26(29)30/h1-12,16,18H,13,15,17H2,(H3,29,30)(H,31,34). The molecular weight excluding hydrogens is 424 g/mol. The van der Waals surface area contributed by atoms with Crippen molar-refractivity contribution in [1.29, 1.82) is 10.7 Å². The summed E-state index contributed by atoms with van der Waals surface area (Å²) in [5.41, 5.74) is 11.6. The van der Waals surface area contributed by atoms with Crippen LogP contribution in [0.25, 0.3) is 0 Å². The third-order valence-electron chi connectivity index (χ3n) is 5.47. The van der Waals surface area contributed by atoms with Gasteiger partial charge >= 0.3 is 0 Å². The summed E-state index contributed by atoms with van der Waals surface area (Å²) in [7, 11) is 0. The maximum absolute atomic E-state index is 12.5. The van der Waals surface area contributed by atoms with E-state index in [1.54, 1.807) is 29.2 Å². The predicted molar refractivity (Wildman–Crippen MR) is 130 cm³/mol. The molecule has 4 aromatic rings. The van der Waals surface area contributed by atoms with Gasteiger partial charge in [0, 0.05) is 18.3 Å². The first-order valence-corrected chi connectivity index (χ1v) is 10.8. The number of amides is 1. The average molecular weight is 449 g/mol. The van der Waals surface area contributed by atoms with Crippen molar-refractivity contribution >= 4 is 11.7 Å². The van der Waals surface area contributed by atoms with Crippen LogP contribution in [0.3, 0.4) is 0 Å². The summed E-state index contributed by atoms with van der Waals surface area (Å²) >= 11 is 0. The molecule has 0 saturated heterocycles. The van der Waals surface area contributed by atoms with Gasteiger partial charge in [-0.05, 0) is 40.8 Å². The molecule has 1 amide bonds. The molecule has 4 N–H and O–H groups in total. The van der Waals surface area contributed by atoms with Crippen molar-refractivity contribution in [1.82, 2.24) is 15.1 Å². The average Bonchev–Trinajstić information content (AvgIpc) is 3.33. The third-order valence-corrected chi connectivity index (χ3v) is 5.47. The van der Waals surface area contributed by atoms with Gasteiger partial charge in [-0.25, -0.2) is 0 Å². The van der Waals surface area contributed by atoms with E-state index >= 15 is 0 Å². The Morgan fingerprint density at radius 2 is 1.50 bits per heavy atom. The maximum atomic E-state index is 12.5. The minimum atomic E-state index is -0.195. The number of nitrogen functional groups attached to an aromatic ring is 1. The number of hydrogen-bond acceptors (Lipinski definition) is 4. The third kappa shape index (κ3) is 5.75. The van der Waals surface area contributed by atoms with Crippen LogP contribution < -0.4 is 11.1 Å². The van der Waals surface area contributed by atoms with Gasteiger partial charge in [0.25, 0.3) is 5.91 Å². The molecule has 1 aromatic heterocycles. The van der Waals surface area contributed by atoms with Gasteiger partial charge in [-0.3, -0.25) is 14.9 Å². The monoisotopic (exact) mass is 448 g/mol. The van der Waals surface area contributed by atoms with Crippen LogP contribution in [0.15, 0.2) is 85.2 Å². The van der Waals surface area contributed by atoms with E-state index < -0.39 is 0 Å². The van der Waals surface area contributed by atoms with Gasteiger partial charge in [0.15, 0.2) is 0 Å². The lowest BCUT2D eigenvalue weighted by molar-refractivity contribution is 0.0951. The minimum absolute atomic E-state index is 0.0175. The molecule has 7 nitrogen and oxygen atoms in total. The van der Waals surface area contributed by atoms with Crippen molar-refractivity contribution in [2.75, 3.05) is 0 Å². The number of carbonyl (C=O) groups excluding carboxylic acids is 1. The normalized spacial score (nSPS) is 10.4. The molecule has 3 aromatic carbocycles. The molecule has 0 spiro atoms. The quantitative estimate of drug-likeness (QED) is 0.282. The SMILES string of the molecule is N#Cc1ccc(Cc2ccc(Cn3cc(C(=O)NCc4ccc(C(=N)N)cc4)cn3)cc2)cc1. The number of nitrogens with two attached hydrogens (primary N) is 1. The lowest BCUT2D eigenvalue weighted by Crippen LogP contribution is -2.22. The molecule has 0 bridgehead atoms. The molecule has 0 aliphatic heterocycles. The Kier molecular flexibility index (Phi) is 6.80. The summed E-state index contributed by atoms with van der Waals surface area (Å²) < 4.78 is 1.74. The highest BCUT2D eigenvalue weighted by Crippen LogP contribution is 2.13. The van der Waals surface area contributed by atoms with E-state index in [1.165, 1.54) is 5.56 Å². The number of nitrogens with one attached hydrogen (secondary N) is 2. The molecule has 34 heavy (non-hydrogen) atoms. The van der Waals surface area contributed by atoms with Gasteiger partial charge in [0.05, 0.1) is 29.9 Å². The Balaban J connectivity index is 1.30. The Labute approximate surface area is 198 Å². The highest BCUT2D eigenvalue weighted by atomic mass is 16.1. The zero-order valence-electron chi connectivity index (χ0n) is 18.5. The lowest BCUT2D eigenvalue weighted by atomic mass is 10.0. The summed E-state index contributed by atoms with van der Waals surface area (Å²) in [6.07, 6.45) is 4.10. The highest BCUT2D eigenvalue weighted by Gasteiger charge is 2.09. The summed E-state index contributed by atoms with van der Waals surface area (Å²) in [6.45, 7) is 0.944. The van der Waals surface area contributed by atoms with E-state index in [1.807, 2.05) is 36.4 Å². The van der Waals surface area contributed by atoms with Crippen LogP contribution >= 0.6 is 0 Å². The zero-order valence-corrected chi connectivity index (χ0v) is 18.5. The summed E-state index contributed by atoms with van der Waals surface area (Å²) in [6, 6.07) is 25.2. The number of nitrogens with zero attached hydrogens (tertiary/aromatic N) is 3. The van der Waals surface area contributed by atoms with E-state index in [9.17, 15) is 4.79 Å². The Bertz CT molecular complexity index is 1330. The van der Waals surface area contributed by atoms with E-state index in [-0.39, 0.29) is 11.7 Å². The molecule has 0 radical (unpaired) electrons. The van der Waals surface area contributed by atoms with Gasteiger partial charge in [0.2, 0.25) is 0 Å². The van der Waals surface area contributed by atoms with Gasteiger partial charge in [0.1, 0.15) is 5.84 Å². The van der Waals surface area contributed by atoms with Crippen LogP contribution in [0.2, 0.25) is 0 Å². The molecule has 0 aliphatic carbocycles. The molecule has 1 heterocycles. The van der Waals surface area contributed by atoms with Crippen LogP contribution in [0.1, 0.15) is 43.7 Å². The fourth-order valence-corrected chi connectivity index (χ4v) is 3.54. The minimum Gasteiger partial charge on any atom is -0.384 e. The number of hydrogen-bond donors (Lipinski definition) is 3. The summed E-state index contributed by atoms with van der Waals surface area (Å²) in [5, 5.41) is 23.5. The number of carbonyl (C=O) groups is 1. The second-order valence-electron chi connectivity index (χ2n) is 8.02. The Morgan fingerprint density at radius 1 is 0.912 bits per heavy atom. The molecule has 4 rings (SSSR count). The summed E-state index contributed by atoms with van der Waals surface area (Å²) in [4.78, 5) is 12.5. The van der Waals surface area contributed by atoms with Gasteiger partial charge in [-0.15, -0.1) is 0 Å². The van der Waals surface area contributed by atoms with Crippen molar-refractivity contribution in [2.24, 2.45) is 5.73 Å². The number of benzene rings is 3. The number of amidine groups is 1. The fourth-order valence-electron chi connectivity index (χ4n) is 3.54. The van der Waals surface area contributed by atoms with Crippen LogP contribution in [0, 0.1) is 16.7 Å². The van der Waals surface area contributed by atoms with E-state index in [4.69, 9.17) is 16.4 Å². The molecule has 0 aliphatic rings. The van der Waals surface area contributed by atoms with Crippen LogP contribution in [-0.2, 0) is 19.5 Å². The second-order valence-corrected chi connectivity index (χ2v) is 8.02. The second kappa shape index (κ2) is 10.3. The van der Waals surface area contributed by atoms with Crippen LogP contribution in [0.5, 0.6) is 0 Å². The molecule has 0 saturated carbocycles. The van der Waals surface area contributed by atoms with E-state index in [0.717, 1.165) is 23.1 Å². The molecule has 0 unspecified atom stereocenters. The first kappa shape index (κ1) is 22.5. The van der Waals surface area contributed by atoms with Crippen LogP contribution in [-0.4, -0.2) is 21.5 Å². The molecule has 7 heteroatoms. The Morgan fingerprint density at radius 3 is 2.12 bits per heavy atom. The number of rotatable bonds is 8. The molecule has 168 valence electrons. The molecule has 0 fully saturated rings. The van der Waals surface area contributed by atoms with Gasteiger partial charge < -0.3 is 11.1 Å². The van der Waals surface area contributed by atoms with Gasteiger partial charge in [-0.2, -0.15) is 10.4 Å². The highest BCUT2D eigenvalue weighted by molar-refractivity contribution is 5.95. The first-order valence-electron chi connectivity index (χ1n) is 10.8. The van der Waals surface area contributed by atoms with E-state index in [2.05, 4.69) is 40.8 Å². The zero-order chi connectivity index (χ0) is 23.9. The van der Waals surface area contributed by atoms with Gasteiger partial charge in [-0.1, -0.05) is 60.7 Å².